The van der Waals surface area contributed by atoms with Crippen LogP contribution in [0.5, 0.6) is 5.75 Å². The van der Waals surface area contributed by atoms with E-state index in [4.69, 9.17) is 0 Å². The molecule has 28 heavy (non-hydrogen) atoms. The number of halogens is 1. The van der Waals surface area contributed by atoms with Crippen LogP contribution in [0.2, 0.25) is 0 Å². The van der Waals surface area contributed by atoms with Gasteiger partial charge >= 0.3 is 0 Å². The molecule has 0 amide bonds. The predicted molar refractivity (Wildman–Crippen MR) is 120 cm³/mol. The molecule has 150 valence electrons. The number of rotatable bonds is 5. The Balaban J connectivity index is 0.00000225. The second-order valence-electron chi connectivity index (χ2n) is 8.92. The van der Waals surface area contributed by atoms with Crippen molar-refractivity contribution >= 4 is 17.0 Å². The molecule has 0 saturated carbocycles. The predicted octanol–water partition coefficient (Wildman–Crippen LogP) is 4.81. The molecule has 0 aromatic heterocycles. The summed E-state index contributed by atoms with van der Waals surface area (Å²) in [7, 11) is 0. The van der Waals surface area contributed by atoms with E-state index < -0.39 is 0 Å². The van der Waals surface area contributed by atoms with Crippen molar-refractivity contribution in [3.63, 3.8) is 0 Å². The first-order valence-corrected chi connectivity index (χ1v) is 10.3. The molecule has 0 spiro atoms. The van der Waals surface area contributed by atoms with Crippen molar-refractivity contribution in [2.45, 2.75) is 44.6 Å². The van der Waals surface area contributed by atoms with Gasteiger partial charge < -0.3 is 9.59 Å². The first-order chi connectivity index (χ1) is 13.0. The van der Waals surface area contributed by atoms with Crippen LogP contribution in [0, 0.1) is 5.92 Å². The summed E-state index contributed by atoms with van der Waals surface area (Å²) in [4.78, 5) is 0. The molecular formula is C25H32BrNO. The standard InChI is InChI=1S/C25H31NO.BrH/c1-4-14-26(15-12-20-8-6-5-7-9-20)16-13-25(3)19(2)24(26)17-21-10-11-22(27)18-23(21)25;/h4-11,18-19,24H,1,12-17H2,2-3H3;1H. The summed E-state index contributed by atoms with van der Waals surface area (Å²) in [6, 6.07) is 17.2. The Hall–Kier alpha value is -1.58. The molecule has 4 unspecified atom stereocenters. The smallest absolute Gasteiger partial charge is 0.0973 e. The maximum Gasteiger partial charge on any atom is 0.0973 e. The summed E-state index contributed by atoms with van der Waals surface area (Å²) >= 11 is 0. The highest BCUT2D eigenvalue weighted by Gasteiger charge is 2.55. The SMILES string of the molecule is Br.C=CC[N+]1(CCc2ccccc2)CCC2(C)c3cc([O-])ccc3CC1C2C. The van der Waals surface area contributed by atoms with Gasteiger partial charge in [-0.3, -0.25) is 0 Å². The Labute approximate surface area is 180 Å². The molecular weight excluding hydrogens is 410 g/mol. The third-order valence-electron chi connectivity index (χ3n) is 7.67. The Bertz CT molecular complexity index is 836. The van der Waals surface area contributed by atoms with Crippen LogP contribution in [0.25, 0.3) is 0 Å². The average molecular weight is 442 g/mol. The number of piperidine rings is 1. The van der Waals surface area contributed by atoms with Crippen LogP contribution in [0.1, 0.15) is 37.0 Å². The average Bonchev–Trinajstić information content (AvgIpc) is 2.67. The van der Waals surface area contributed by atoms with Gasteiger partial charge in [0.25, 0.3) is 0 Å². The normalized spacial score (nSPS) is 30.8. The van der Waals surface area contributed by atoms with Gasteiger partial charge in [-0.05, 0) is 22.8 Å². The van der Waals surface area contributed by atoms with Gasteiger partial charge in [0, 0.05) is 30.6 Å². The van der Waals surface area contributed by atoms with Crippen molar-refractivity contribution in [1.29, 1.82) is 0 Å². The maximum atomic E-state index is 12.0. The molecule has 2 nitrogen and oxygen atoms in total. The molecule has 4 atom stereocenters. The summed E-state index contributed by atoms with van der Waals surface area (Å²) in [6.07, 6.45) is 5.45. The highest BCUT2D eigenvalue weighted by Crippen LogP contribution is 2.51. The van der Waals surface area contributed by atoms with Crippen molar-refractivity contribution in [3.8, 4) is 5.75 Å². The zero-order chi connectivity index (χ0) is 19.1. The van der Waals surface area contributed by atoms with Crippen LogP contribution in [0.3, 0.4) is 0 Å². The molecule has 4 rings (SSSR count). The van der Waals surface area contributed by atoms with Gasteiger partial charge in [0.2, 0.25) is 0 Å². The summed E-state index contributed by atoms with van der Waals surface area (Å²) in [5, 5.41) is 12.0. The second kappa shape index (κ2) is 8.04. The number of hydrogen-bond acceptors (Lipinski definition) is 1. The summed E-state index contributed by atoms with van der Waals surface area (Å²) in [6.45, 7) is 12.3. The molecule has 1 aliphatic heterocycles. The number of quaternary nitrogens is 1. The molecule has 0 radical (unpaired) electrons. The highest BCUT2D eigenvalue weighted by molar-refractivity contribution is 8.93. The van der Waals surface area contributed by atoms with E-state index in [2.05, 4.69) is 62.9 Å². The largest absolute Gasteiger partial charge is 0.872 e. The highest BCUT2D eigenvalue weighted by atomic mass is 79.9. The first-order valence-electron chi connectivity index (χ1n) is 10.3. The lowest BCUT2D eigenvalue weighted by atomic mass is 9.58. The molecule has 0 N–H and O–H groups in total. The van der Waals surface area contributed by atoms with Gasteiger partial charge in [0.1, 0.15) is 0 Å². The molecule has 2 aliphatic rings. The van der Waals surface area contributed by atoms with E-state index in [-0.39, 0.29) is 28.1 Å². The Morgan fingerprint density at radius 1 is 1.21 bits per heavy atom. The fourth-order valence-corrected chi connectivity index (χ4v) is 5.84. The van der Waals surface area contributed by atoms with Gasteiger partial charge in [-0.25, -0.2) is 0 Å². The van der Waals surface area contributed by atoms with E-state index >= 15 is 0 Å². The van der Waals surface area contributed by atoms with E-state index in [1.54, 1.807) is 6.07 Å². The monoisotopic (exact) mass is 441 g/mol. The fourth-order valence-electron chi connectivity index (χ4n) is 5.84. The molecule has 1 fully saturated rings. The Morgan fingerprint density at radius 3 is 2.68 bits per heavy atom. The van der Waals surface area contributed by atoms with Crippen LogP contribution < -0.4 is 5.11 Å². The van der Waals surface area contributed by atoms with Gasteiger partial charge in [-0.2, -0.15) is 0 Å². The van der Waals surface area contributed by atoms with Gasteiger partial charge in [0.15, 0.2) is 0 Å². The summed E-state index contributed by atoms with van der Waals surface area (Å²) in [5.41, 5.74) is 4.26. The Kier molecular flexibility index (Phi) is 6.07. The summed E-state index contributed by atoms with van der Waals surface area (Å²) in [5.74, 6) is 0.721. The number of nitrogens with zero attached hydrogens (tertiary/aromatic N) is 1. The van der Waals surface area contributed by atoms with Gasteiger partial charge in [-0.1, -0.05) is 69.0 Å². The zero-order valence-corrected chi connectivity index (χ0v) is 18.8. The van der Waals surface area contributed by atoms with Crippen LogP contribution in [-0.4, -0.2) is 30.2 Å². The molecule has 1 aliphatic carbocycles. The molecule has 1 heterocycles. The number of likely N-dealkylation sites (tertiary alicyclic amines) is 1. The van der Waals surface area contributed by atoms with Crippen LogP contribution in [0.15, 0.2) is 61.2 Å². The minimum atomic E-state index is 0. The molecule has 2 bridgehead atoms. The van der Waals surface area contributed by atoms with Gasteiger partial charge in [0.05, 0.1) is 25.7 Å². The summed E-state index contributed by atoms with van der Waals surface area (Å²) < 4.78 is 1.13. The number of fused-ring (bicyclic) bond motifs is 4. The van der Waals surface area contributed by atoms with Crippen LogP contribution >= 0.6 is 17.0 Å². The van der Waals surface area contributed by atoms with Gasteiger partial charge in [-0.15, -0.1) is 22.7 Å². The molecule has 2 aromatic carbocycles. The Morgan fingerprint density at radius 2 is 1.96 bits per heavy atom. The van der Waals surface area contributed by atoms with E-state index in [1.165, 1.54) is 23.2 Å². The van der Waals surface area contributed by atoms with Crippen molar-refractivity contribution < 1.29 is 9.59 Å². The van der Waals surface area contributed by atoms with Crippen LogP contribution in [0.4, 0.5) is 0 Å². The quantitative estimate of drug-likeness (QED) is 0.482. The molecule has 1 saturated heterocycles. The second-order valence-corrected chi connectivity index (χ2v) is 8.92. The van der Waals surface area contributed by atoms with Crippen molar-refractivity contribution in [3.05, 3.63) is 77.9 Å². The van der Waals surface area contributed by atoms with E-state index in [0.29, 0.717) is 12.0 Å². The van der Waals surface area contributed by atoms with Crippen molar-refractivity contribution in [2.24, 2.45) is 5.92 Å². The first kappa shape index (κ1) is 21.1. The zero-order valence-electron chi connectivity index (χ0n) is 17.1. The lowest BCUT2D eigenvalue weighted by molar-refractivity contribution is -0.956. The number of benzene rings is 2. The number of hydrogen-bond donors (Lipinski definition) is 0. The van der Waals surface area contributed by atoms with E-state index in [9.17, 15) is 5.11 Å². The van der Waals surface area contributed by atoms with Crippen LogP contribution in [-0.2, 0) is 18.3 Å². The molecule has 2 aromatic rings. The van der Waals surface area contributed by atoms with Crippen molar-refractivity contribution in [1.82, 2.24) is 0 Å². The lowest BCUT2D eigenvalue weighted by Crippen LogP contribution is -2.68. The lowest BCUT2D eigenvalue weighted by Gasteiger charge is -2.59. The fraction of sp³-hybridized carbons (Fsp3) is 0.440. The molecule has 3 heteroatoms. The maximum absolute atomic E-state index is 12.0. The van der Waals surface area contributed by atoms with E-state index in [0.717, 1.165) is 36.8 Å². The van der Waals surface area contributed by atoms with Crippen molar-refractivity contribution in [2.75, 3.05) is 19.6 Å². The minimum absolute atomic E-state index is 0. The third kappa shape index (κ3) is 3.44. The topological polar surface area (TPSA) is 23.1 Å². The minimum Gasteiger partial charge on any atom is -0.872 e. The third-order valence-corrected chi connectivity index (χ3v) is 7.67. The van der Waals surface area contributed by atoms with E-state index in [1.807, 2.05) is 6.07 Å².